The maximum atomic E-state index is 11.2. The van der Waals surface area contributed by atoms with Gasteiger partial charge in [0, 0.05) is 18.6 Å². The number of carboxylic acids is 1. The number of aliphatic carboxylic acids is 1. The molecule has 0 spiro atoms. The Morgan fingerprint density at radius 3 is 2.33 bits per heavy atom. The zero-order valence-corrected chi connectivity index (χ0v) is 9.69. The summed E-state index contributed by atoms with van der Waals surface area (Å²) in [6.45, 7) is 0. The lowest BCUT2D eigenvalue weighted by Crippen LogP contribution is -2.50. The minimum Gasteiger partial charge on any atom is -0.543 e. The highest BCUT2D eigenvalue weighted by Crippen LogP contribution is 2.13. The molecule has 1 aromatic carbocycles. The van der Waals surface area contributed by atoms with Crippen molar-refractivity contribution in [2.24, 2.45) is 0 Å². The standard InChI is InChI=1S/C14H13NO3/c16-12-6-4-11(5-7-12)10-13(14(17)18)15-8-2-1-3-9-15/h1-9,13H,10H2,(H-,16,17,18)/t13-/m0/s1. The molecule has 1 N–H and O–H groups in total. The fourth-order valence-corrected chi connectivity index (χ4v) is 1.79. The number of rotatable bonds is 4. The van der Waals surface area contributed by atoms with Crippen molar-refractivity contribution in [3.05, 3.63) is 60.4 Å². The van der Waals surface area contributed by atoms with Gasteiger partial charge in [-0.3, -0.25) is 0 Å². The summed E-state index contributed by atoms with van der Waals surface area (Å²) in [6.07, 6.45) is 3.71. The first-order valence-corrected chi connectivity index (χ1v) is 5.61. The van der Waals surface area contributed by atoms with Gasteiger partial charge >= 0.3 is 0 Å². The van der Waals surface area contributed by atoms with Crippen LogP contribution in [-0.4, -0.2) is 11.1 Å². The number of carbonyl (C=O) groups excluding carboxylic acids is 1. The van der Waals surface area contributed by atoms with E-state index >= 15 is 0 Å². The molecule has 1 heterocycles. The van der Waals surface area contributed by atoms with Crippen LogP contribution in [0.2, 0.25) is 0 Å². The monoisotopic (exact) mass is 243 g/mol. The molecule has 4 heteroatoms. The Hall–Kier alpha value is -2.36. The van der Waals surface area contributed by atoms with Crippen LogP contribution in [0.15, 0.2) is 54.9 Å². The highest BCUT2D eigenvalue weighted by molar-refractivity contribution is 5.68. The van der Waals surface area contributed by atoms with E-state index < -0.39 is 12.0 Å². The summed E-state index contributed by atoms with van der Waals surface area (Å²) < 4.78 is 1.60. The number of carboxylic acid groups (broad SMARTS) is 1. The Kier molecular flexibility index (Phi) is 3.57. The molecule has 0 saturated carbocycles. The van der Waals surface area contributed by atoms with Gasteiger partial charge in [0.05, 0.1) is 0 Å². The number of hydrogen-bond acceptors (Lipinski definition) is 3. The van der Waals surface area contributed by atoms with Crippen molar-refractivity contribution in [3.8, 4) is 5.75 Å². The molecule has 4 nitrogen and oxygen atoms in total. The van der Waals surface area contributed by atoms with Gasteiger partial charge in [0.25, 0.3) is 0 Å². The number of nitrogens with zero attached hydrogens (tertiary/aromatic N) is 1. The van der Waals surface area contributed by atoms with Gasteiger partial charge in [-0.2, -0.15) is 4.57 Å². The molecule has 2 rings (SSSR count). The molecule has 1 atom stereocenters. The number of aromatic hydroxyl groups is 1. The SMILES string of the molecule is O=C([O-])[C@H](Cc1ccc(O)cc1)[n+]1ccccc1. The second kappa shape index (κ2) is 5.31. The fourth-order valence-electron chi connectivity index (χ4n) is 1.79. The Labute approximate surface area is 105 Å². The summed E-state index contributed by atoms with van der Waals surface area (Å²) in [6, 6.07) is 11.1. The number of pyridine rings is 1. The Balaban J connectivity index is 2.22. The molecule has 18 heavy (non-hydrogen) atoms. The van der Waals surface area contributed by atoms with Gasteiger partial charge in [-0.25, -0.2) is 0 Å². The van der Waals surface area contributed by atoms with E-state index in [0.29, 0.717) is 6.42 Å². The van der Waals surface area contributed by atoms with E-state index in [1.54, 1.807) is 41.2 Å². The van der Waals surface area contributed by atoms with Crippen LogP contribution in [0.1, 0.15) is 11.6 Å². The normalized spacial score (nSPS) is 12.0. The number of phenols is 1. The summed E-state index contributed by atoms with van der Waals surface area (Å²) in [5, 5.41) is 20.4. The lowest BCUT2D eigenvalue weighted by Gasteiger charge is -2.13. The van der Waals surface area contributed by atoms with Gasteiger partial charge in [-0.05, 0) is 17.7 Å². The summed E-state index contributed by atoms with van der Waals surface area (Å²) in [5.74, 6) is -0.963. The molecule has 1 aromatic heterocycles. The predicted octanol–water partition coefficient (Wildman–Crippen LogP) is 0.213. The molecule has 0 aliphatic heterocycles. The third kappa shape index (κ3) is 2.85. The van der Waals surface area contributed by atoms with E-state index in [4.69, 9.17) is 0 Å². The smallest absolute Gasteiger partial charge is 0.201 e. The summed E-state index contributed by atoms with van der Waals surface area (Å²) >= 11 is 0. The molecule has 0 unspecified atom stereocenters. The van der Waals surface area contributed by atoms with Gasteiger partial charge in [0.2, 0.25) is 6.04 Å². The van der Waals surface area contributed by atoms with Crippen molar-refractivity contribution in [2.45, 2.75) is 12.5 Å². The molecule has 0 radical (unpaired) electrons. The quantitative estimate of drug-likeness (QED) is 0.781. The first-order valence-electron chi connectivity index (χ1n) is 5.61. The van der Waals surface area contributed by atoms with Crippen LogP contribution in [0.4, 0.5) is 0 Å². The van der Waals surface area contributed by atoms with E-state index in [0.717, 1.165) is 5.56 Å². The van der Waals surface area contributed by atoms with Gasteiger partial charge < -0.3 is 15.0 Å². The van der Waals surface area contributed by atoms with Crippen LogP contribution >= 0.6 is 0 Å². The van der Waals surface area contributed by atoms with Crippen molar-refractivity contribution in [1.82, 2.24) is 0 Å². The minimum atomic E-state index is -1.13. The molecule has 92 valence electrons. The highest BCUT2D eigenvalue weighted by atomic mass is 16.4. The van der Waals surface area contributed by atoms with Gasteiger partial charge in [0.1, 0.15) is 11.7 Å². The first-order chi connectivity index (χ1) is 8.66. The first kappa shape index (κ1) is 12.1. The second-order valence-corrected chi connectivity index (χ2v) is 4.03. The topological polar surface area (TPSA) is 64.2 Å². The summed E-state index contributed by atoms with van der Waals surface area (Å²) in [4.78, 5) is 11.2. The Morgan fingerprint density at radius 1 is 1.17 bits per heavy atom. The van der Waals surface area contributed by atoms with E-state index in [9.17, 15) is 15.0 Å². The molecule has 0 bridgehead atoms. The molecule has 0 aliphatic rings. The number of aromatic nitrogens is 1. The maximum absolute atomic E-state index is 11.2. The van der Waals surface area contributed by atoms with E-state index in [1.807, 2.05) is 6.07 Å². The van der Waals surface area contributed by atoms with Crippen molar-refractivity contribution < 1.29 is 19.6 Å². The summed E-state index contributed by atoms with van der Waals surface area (Å²) in [7, 11) is 0. The zero-order valence-electron chi connectivity index (χ0n) is 9.69. The highest BCUT2D eigenvalue weighted by Gasteiger charge is 2.19. The number of benzene rings is 1. The van der Waals surface area contributed by atoms with E-state index in [1.165, 1.54) is 12.1 Å². The Bertz CT molecular complexity index is 522. The molecular formula is C14H13NO3. The summed E-state index contributed by atoms with van der Waals surface area (Å²) in [5.41, 5.74) is 0.832. The van der Waals surface area contributed by atoms with Crippen LogP contribution < -0.4 is 9.67 Å². The number of phenolic OH excluding ortho intramolecular Hbond substituents is 1. The lowest BCUT2D eigenvalue weighted by molar-refractivity contribution is -0.715. The lowest BCUT2D eigenvalue weighted by atomic mass is 10.1. The second-order valence-electron chi connectivity index (χ2n) is 4.03. The van der Waals surface area contributed by atoms with E-state index in [2.05, 4.69) is 0 Å². The van der Waals surface area contributed by atoms with Crippen LogP contribution in [0.5, 0.6) is 5.75 Å². The van der Waals surface area contributed by atoms with Crippen LogP contribution in [0.3, 0.4) is 0 Å². The molecule has 0 aliphatic carbocycles. The van der Waals surface area contributed by atoms with Crippen LogP contribution in [-0.2, 0) is 11.2 Å². The zero-order chi connectivity index (χ0) is 13.0. The van der Waals surface area contributed by atoms with Gasteiger partial charge in [0.15, 0.2) is 12.4 Å². The van der Waals surface area contributed by atoms with Gasteiger partial charge in [-0.15, -0.1) is 0 Å². The minimum absolute atomic E-state index is 0.163. The van der Waals surface area contributed by atoms with Crippen molar-refractivity contribution in [1.29, 1.82) is 0 Å². The number of carbonyl (C=O) groups is 1. The number of hydrogen-bond donors (Lipinski definition) is 1. The molecule has 2 aromatic rings. The molecule has 0 saturated heterocycles. The maximum Gasteiger partial charge on any atom is 0.201 e. The van der Waals surface area contributed by atoms with E-state index in [-0.39, 0.29) is 5.75 Å². The Morgan fingerprint density at radius 2 is 1.78 bits per heavy atom. The van der Waals surface area contributed by atoms with Crippen molar-refractivity contribution in [3.63, 3.8) is 0 Å². The van der Waals surface area contributed by atoms with Crippen LogP contribution in [0, 0.1) is 0 Å². The van der Waals surface area contributed by atoms with Crippen LogP contribution in [0.25, 0.3) is 0 Å². The predicted molar refractivity (Wildman–Crippen MR) is 62.5 cm³/mol. The fraction of sp³-hybridized carbons (Fsp3) is 0.143. The molecule has 0 fully saturated rings. The largest absolute Gasteiger partial charge is 0.543 e. The molecule has 0 amide bonds. The average molecular weight is 243 g/mol. The average Bonchev–Trinajstić information content (AvgIpc) is 2.38. The van der Waals surface area contributed by atoms with Gasteiger partial charge in [-0.1, -0.05) is 18.2 Å². The third-order valence-corrected chi connectivity index (χ3v) is 2.74. The molecular weight excluding hydrogens is 230 g/mol. The third-order valence-electron chi connectivity index (χ3n) is 2.74. The van der Waals surface area contributed by atoms with Crippen molar-refractivity contribution >= 4 is 5.97 Å². The van der Waals surface area contributed by atoms with Crippen molar-refractivity contribution in [2.75, 3.05) is 0 Å².